The van der Waals surface area contributed by atoms with Gasteiger partial charge in [-0.2, -0.15) is 4.68 Å². The van der Waals surface area contributed by atoms with E-state index in [0.717, 1.165) is 11.3 Å². The summed E-state index contributed by atoms with van der Waals surface area (Å²) in [7, 11) is 0. The van der Waals surface area contributed by atoms with Crippen LogP contribution in [0.3, 0.4) is 0 Å². The summed E-state index contributed by atoms with van der Waals surface area (Å²) >= 11 is 5.50. The number of hydrogen-bond donors (Lipinski definition) is 2. The molecule has 2 aromatic rings. The van der Waals surface area contributed by atoms with Crippen LogP contribution in [0.25, 0.3) is 5.69 Å². The minimum absolute atomic E-state index is 0.230. The van der Waals surface area contributed by atoms with Gasteiger partial charge in [-0.05, 0) is 47.5 Å². The maximum Gasteiger partial charge on any atom is 0.315 e. The smallest absolute Gasteiger partial charge is 0.315 e. The van der Waals surface area contributed by atoms with Crippen molar-refractivity contribution >= 4 is 17.6 Å². The molecule has 1 aromatic carbocycles. The number of benzene rings is 1. The van der Waals surface area contributed by atoms with Crippen LogP contribution in [0.5, 0.6) is 0 Å². The van der Waals surface area contributed by atoms with Gasteiger partial charge in [-0.25, -0.2) is 4.79 Å². The van der Waals surface area contributed by atoms with Gasteiger partial charge in [0.05, 0.1) is 12.2 Å². The van der Waals surface area contributed by atoms with E-state index in [9.17, 15) is 4.79 Å². The number of rotatable bonds is 5. The van der Waals surface area contributed by atoms with Crippen LogP contribution >= 0.6 is 11.6 Å². The number of alkyl halides is 1. The zero-order valence-corrected chi connectivity index (χ0v) is 12.7. The first kappa shape index (κ1) is 15.2. The molecule has 2 rings (SSSR count). The molecule has 0 spiro atoms. The second kappa shape index (κ2) is 7.03. The van der Waals surface area contributed by atoms with Gasteiger partial charge in [0, 0.05) is 12.4 Å². The van der Waals surface area contributed by atoms with Crippen LogP contribution < -0.4 is 10.6 Å². The molecule has 0 aliphatic carbocycles. The van der Waals surface area contributed by atoms with Gasteiger partial charge in [0.1, 0.15) is 0 Å². The Morgan fingerprint density at radius 3 is 2.81 bits per heavy atom. The van der Waals surface area contributed by atoms with E-state index in [2.05, 4.69) is 26.2 Å². The maximum absolute atomic E-state index is 11.5. The van der Waals surface area contributed by atoms with Crippen molar-refractivity contribution in [2.75, 3.05) is 12.4 Å². The molecule has 2 N–H and O–H groups in total. The normalized spacial score (nSPS) is 10.4. The van der Waals surface area contributed by atoms with Gasteiger partial charge in [-0.1, -0.05) is 6.07 Å². The van der Waals surface area contributed by atoms with E-state index in [1.165, 1.54) is 5.56 Å². The van der Waals surface area contributed by atoms with E-state index in [0.29, 0.717) is 18.2 Å². The van der Waals surface area contributed by atoms with Crippen molar-refractivity contribution in [3.05, 3.63) is 35.2 Å². The molecule has 0 radical (unpaired) electrons. The molecule has 0 saturated carbocycles. The molecule has 0 aliphatic rings. The van der Waals surface area contributed by atoms with Gasteiger partial charge in [-0.15, -0.1) is 16.7 Å². The van der Waals surface area contributed by atoms with Crippen LogP contribution in [-0.2, 0) is 6.54 Å². The fourth-order valence-corrected chi connectivity index (χ4v) is 1.85. The number of amides is 2. The van der Waals surface area contributed by atoms with Crippen LogP contribution in [0.15, 0.2) is 18.2 Å². The summed E-state index contributed by atoms with van der Waals surface area (Å²) in [6.07, 6.45) is 0. The summed E-state index contributed by atoms with van der Waals surface area (Å²) in [5.74, 6) is 0.924. The average molecular weight is 309 g/mol. The van der Waals surface area contributed by atoms with Crippen molar-refractivity contribution < 1.29 is 4.79 Å². The van der Waals surface area contributed by atoms with Gasteiger partial charge < -0.3 is 10.6 Å². The average Bonchev–Trinajstić information content (AvgIpc) is 2.94. The number of nitrogens with zero attached hydrogens (tertiary/aromatic N) is 4. The lowest BCUT2D eigenvalue weighted by molar-refractivity contribution is 0.240. The lowest BCUT2D eigenvalue weighted by Gasteiger charge is -2.08. The van der Waals surface area contributed by atoms with Crippen molar-refractivity contribution in [2.24, 2.45) is 0 Å². The highest BCUT2D eigenvalue weighted by molar-refractivity contribution is 6.18. The Balaban J connectivity index is 2.08. The number of tetrazole rings is 1. The highest BCUT2D eigenvalue weighted by Crippen LogP contribution is 2.13. The van der Waals surface area contributed by atoms with E-state index in [4.69, 9.17) is 11.6 Å². The standard InChI is InChI=1S/C13H17ClN6O/c1-9-3-4-11(7-10(9)2)20-12(17-18-19-20)8-16-13(21)15-6-5-14/h3-4,7H,5-6,8H2,1-2H3,(H2,15,16,21). The lowest BCUT2D eigenvalue weighted by atomic mass is 10.1. The van der Waals surface area contributed by atoms with Crippen molar-refractivity contribution in [3.8, 4) is 5.69 Å². The number of aryl methyl sites for hydroxylation is 2. The molecule has 0 atom stereocenters. The number of carbonyl (C=O) groups is 1. The van der Waals surface area contributed by atoms with Gasteiger partial charge in [0.25, 0.3) is 0 Å². The Hall–Kier alpha value is -2.15. The molecule has 7 nitrogen and oxygen atoms in total. The summed E-state index contributed by atoms with van der Waals surface area (Å²) in [4.78, 5) is 11.5. The predicted octanol–water partition coefficient (Wildman–Crippen LogP) is 1.32. The predicted molar refractivity (Wildman–Crippen MR) is 79.6 cm³/mol. The fraction of sp³-hybridized carbons (Fsp3) is 0.385. The van der Waals surface area contributed by atoms with Crippen LogP contribution in [0.2, 0.25) is 0 Å². The zero-order chi connectivity index (χ0) is 15.2. The first-order valence-electron chi connectivity index (χ1n) is 6.54. The number of urea groups is 1. The number of nitrogens with one attached hydrogen (secondary N) is 2. The highest BCUT2D eigenvalue weighted by atomic mass is 35.5. The highest BCUT2D eigenvalue weighted by Gasteiger charge is 2.10. The molecule has 1 heterocycles. The SMILES string of the molecule is Cc1ccc(-n2nnnc2CNC(=O)NCCCl)cc1C. The third-order valence-electron chi connectivity index (χ3n) is 3.06. The Labute approximate surface area is 127 Å². The number of carbonyl (C=O) groups excluding carboxylic acids is 1. The van der Waals surface area contributed by atoms with Crippen molar-refractivity contribution in [3.63, 3.8) is 0 Å². The van der Waals surface area contributed by atoms with Gasteiger partial charge in [0.15, 0.2) is 5.82 Å². The Morgan fingerprint density at radius 1 is 1.29 bits per heavy atom. The van der Waals surface area contributed by atoms with Crippen molar-refractivity contribution in [2.45, 2.75) is 20.4 Å². The maximum atomic E-state index is 11.5. The Bertz CT molecular complexity index is 627. The molecule has 0 saturated heterocycles. The Kier molecular flexibility index (Phi) is 5.10. The van der Waals surface area contributed by atoms with E-state index >= 15 is 0 Å². The lowest BCUT2D eigenvalue weighted by Crippen LogP contribution is -2.36. The first-order chi connectivity index (χ1) is 10.1. The van der Waals surface area contributed by atoms with Crippen molar-refractivity contribution in [1.82, 2.24) is 30.8 Å². The zero-order valence-electron chi connectivity index (χ0n) is 11.9. The molecule has 112 valence electrons. The molecule has 21 heavy (non-hydrogen) atoms. The minimum atomic E-state index is -0.301. The first-order valence-corrected chi connectivity index (χ1v) is 7.08. The molecular formula is C13H17ClN6O. The molecular weight excluding hydrogens is 292 g/mol. The molecule has 0 bridgehead atoms. The molecule has 8 heteroatoms. The van der Waals surface area contributed by atoms with Crippen LogP contribution in [0, 0.1) is 13.8 Å². The van der Waals surface area contributed by atoms with Crippen LogP contribution in [0.4, 0.5) is 4.79 Å². The molecule has 0 aliphatic heterocycles. The number of aromatic nitrogens is 4. The van der Waals surface area contributed by atoms with Gasteiger partial charge in [0.2, 0.25) is 0 Å². The fourth-order valence-electron chi connectivity index (χ4n) is 1.76. The molecule has 0 unspecified atom stereocenters. The quantitative estimate of drug-likeness (QED) is 0.816. The van der Waals surface area contributed by atoms with Crippen LogP contribution in [0.1, 0.15) is 17.0 Å². The van der Waals surface area contributed by atoms with Crippen molar-refractivity contribution in [1.29, 1.82) is 0 Å². The largest absolute Gasteiger partial charge is 0.337 e. The minimum Gasteiger partial charge on any atom is -0.337 e. The Morgan fingerprint density at radius 2 is 2.10 bits per heavy atom. The van der Waals surface area contributed by atoms with Crippen LogP contribution in [-0.4, -0.2) is 38.7 Å². The summed E-state index contributed by atoms with van der Waals surface area (Å²) in [6.45, 7) is 4.71. The molecule has 1 aromatic heterocycles. The van der Waals surface area contributed by atoms with Gasteiger partial charge in [-0.3, -0.25) is 0 Å². The number of halogens is 1. The van der Waals surface area contributed by atoms with E-state index in [-0.39, 0.29) is 12.6 Å². The van der Waals surface area contributed by atoms with E-state index < -0.39 is 0 Å². The third-order valence-corrected chi connectivity index (χ3v) is 3.25. The van der Waals surface area contributed by atoms with E-state index in [1.807, 2.05) is 32.0 Å². The molecule has 0 fully saturated rings. The molecule has 2 amide bonds. The summed E-state index contributed by atoms with van der Waals surface area (Å²) in [6, 6.07) is 5.65. The van der Waals surface area contributed by atoms with E-state index in [1.54, 1.807) is 4.68 Å². The monoisotopic (exact) mass is 308 g/mol. The second-order valence-corrected chi connectivity index (χ2v) is 4.95. The van der Waals surface area contributed by atoms with Gasteiger partial charge >= 0.3 is 6.03 Å². The third kappa shape index (κ3) is 3.91. The number of hydrogen-bond acceptors (Lipinski definition) is 4. The summed E-state index contributed by atoms with van der Waals surface area (Å²) in [5, 5.41) is 16.8. The summed E-state index contributed by atoms with van der Waals surface area (Å²) in [5.41, 5.74) is 3.22. The summed E-state index contributed by atoms with van der Waals surface area (Å²) < 4.78 is 1.61. The second-order valence-electron chi connectivity index (χ2n) is 4.57. The topological polar surface area (TPSA) is 84.7 Å².